The predicted octanol–water partition coefficient (Wildman–Crippen LogP) is 2.03. The van der Waals surface area contributed by atoms with Crippen molar-refractivity contribution in [3.63, 3.8) is 0 Å². The second-order valence-electron chi connectivity index (χ2n) is 6.19. The van der Waals surface area contributed by atoms with Crippen LogP contribution in [0.15, 0.2) is 29.3 Å². The SMILES string of the molecule is Cc1noc(C)c1-c1nc(NC[C@@H]2COCCO2)ncc1-c1cnccn1. The number of rotatable bonds is 5. The van der Waals surface area contributed by atoms with Gasteiger partial charge in [-0.15, -0.1) is 0 Å². The van der Waals surface area contributed by atoms with Gasteiger partial charge in [0.05, 0.1) is 54.8 Å². The van der Waals surface area contributed by atoms with Gasteiger partial charge in [-0.2, -0.15) is 0 Å². The van der Waals surface area contributed by atoms with Crippen LogP contribution in [-0.4, -0.2) is 57.6 Å². The predicted molar refractivity (Wildman–Crippen MR) is 97.1 cm³/mol. The molecule has 9 nitrogen and oxygen atoms in total. The van der Waals surface area contributed by atoms with Gasteiger partial charge in [0, 0.05) is 30.7 Å². The zero-order chi connectivity index (χ0) is 18.6. The van der Waals surface area contributed by atoms with Crippen LogP contribution in [0.1, 0.15) is 11.5 Å². The van der Waals surface area contributed by atoms with Crippen molar-refractivity contribution in [1.82, 2.24) is 25.1 Å². The number of ether oxygens (including phenoxy) is 2. The number of nitrogens with zero attached hydrogens (tertiary/aromatic N) is 5. The molecule has 1 N–H and O–H groups in total. The summed E-state index contributed by atoms with van der Waals surface area (Å²) in [5.41, 5.74) is 3.73. The van der Waals surface area contributed by atoms with Gasteiger partial charge < -0.3 is 19.3 Å². The van der Waals surface area contributed by atoms with Crippen molar-refractivity contribution >= 4 is 5.95 Å². The largest absolute Gasteiger partial charge is 0.376 e. The Balaban J connectivity index is 1.68. The Morgan fingerprint density at radius 3 is 2.78 bits per heavy atom. The standard InChI is InChI=1S/C18H20N6O3/c1-11-16(12(2)27-24-11)17-14(15-9-19-3-4-20-15)8-22-18(23-17)21-7-13-10-25-5-6-26-13/h3-4,8-9,13H,5-7,10H2,1-2H3,(H,21,22,23)/t13-/m1/s1. The highest BCUT2D eigenvalue weighted by molar-refractivity contribution is 5.80. The first kappa shape index (κ1) is 17.5. The van der Waals surface area contributed by atoms with Crippen molar-refractivity contribution in [2.75, 3.05) is 31.7 Å². The summed E-state index contributed by atoms with van der Waals surface area (Å²) in [4.78, 5) is 17.7. The maximum Gasteiger partial charge on any atom is 0.223 e. The number of nitrogens with one attached hydrogen (secondary N) is 1. The molecule has 27 heavy (non-hydrogen) atoms. The van der Waals surface area contributed by atoms with Gasteiger partial charge in [-0.05, 0) is 13.8 Å². The molecule has 0 radical (unpaired) electrons. The number of aryl methyl sites for hydroxylation is 2. The maximum atomic E-state index is 5.65. The molecule has 1 aliphatic heterocycles. The summed E-state index contributed by atoms with van der Waals surface area (Å²) in [7, 11) is 0. The van der Waals surface area contributed by atoms with Gasteiger partial charge in [-0.25, -0.2) is 9.97 Å². The molecule has 140 valence electrons. The molecule has 0 spiro atoms. The van der Waals surface area contributed by atoms with Crippen LogP contribution in [0.5, 0.6) is 0 Å². The average Bonchev–Trinajstić information content (AvgIpc) is 3.06. The fourth-order valence-corrected chi connectivity index (χ4v) is 2.96. The van der Waals surface area contributed by atoms with Crippen LogP contribution in [0.25, 0.3) is 22.5 Å². The van der Waals surface area contributed by atoms with Crippen molar-refractivity contribution in [3.8, 4) is 22.5 Å². The number of aromatic nitrogens is 5. The first-order valence-electron chi connectivity index (χ1n) is 8.72. The Labute approximate surface area is 156 Å². The van der Waals surface area contributed by atoms with Crippen LogP contribution >= 0.6 is 0 Å². The van der Waals surface area contributed by atoms with Crippen molar-refractivity contribution in [3.05, 3.63) is 36.2 Å². The van der Waals surface area contributed by atoms with Crippen molar-refractivity contribution < 1.29 is 14.0 Å². The summed E-state index contributed by atoms with van der Waals surface area (Å²) < 4.78 is 16.4. The first-order chi connectivity index (χ1) is 13.2. The topological polar surface area (TPSA) is 108 Å². The molecule has 0 amide bonds. The van der Waals surface area contributed by atoms with Crippen molar-refractivity contribution in [2.45, 2.75) is 20.0 Å². The summed E-state index contributed by atoms with van der Waals surface area (Å²) in [5.74, 6) is 1.18. The Morgan fingerprint density at radius 1 is 1.15 bits per heavy atom. The number of hydrogen-bond donors (Lipinski definition) is 1. The molecule has 4 heterocycles. The van der Waals surface area contributed by atoms with E-state index in [1.165, 1.54) is 0 Å². The van der Waals surface area contributed by atoms with Crippen LogP contribution in [0.2, 0.25) is 0 Å². The lowest BCUT2D eigenvalue weighted by atomic mass is 10.0. The van der Waals surface area contributed by atoms with Crippen LogP contribution in [0.3, 0.4) is 0 Å². The van der Waals surface area contributed by atoms with E-state index in [0.29, 0.717) is 49.5 Å². The van der Waals surface area contributed by atoms with Gasteiger partial charge in [0.1, 0.15) is 5.76 Å². The monoisotopic (exact) mass is 368 g/mol. The smallest absolute Gasteiger partial charge is 0.223 e. The molecular formula is C18H20N6O3. The third-order valence-electron chi connectivity index (χ3n) is 4.27. The fourth-order valence-electron chi connectivity index (χ4n) is 2.96. The van der Waals surface area contributed by atoms with Gasteiger partial charge in [0.2, 0.25) is 5.95 Å². The maximum absolute atomic E-state index is 5.65. The molecule has 4 rings (SSSR count). The summed E-state index contributed by atoms with van der Waals surface area (Å²) >= 11 is 0. The number of hydrogen-bond acceptors (Lipinski definition) is 9. The van der Waals surface area contributed by atoms with E-state index in [0.717, 1.165) is 16.8 Å². The van der Waals surface area contributed by atoms with Crippen molar-refractivity contribution in [1.29, 1.82) is 0 Å². The zero-order valence-electron chi connectivity index (χ0n) is 15.2. The van der Waals surface area contributed by atoms with Gasteiger partial charge in [0.15, 0.2) is 0 Å². The van der Waals surface area contributed by atoms with Crippen LogP contribution in [0, 0.1) is 13.8 Å². The second kappa shape index (κ2) is 7.77. The Bertz CT molecular complexity index is 889. The highest BCUT2D eigenvalue weighted by Crippen LogP contribution is 2.33. The Morgan fingerprint density at radius 2 is 2.07 bits per heavy atom. The average molecular weight is 368 g/mol. The fraction of sp³-hybridized carbons (Fsp3) is 0.389. The molecule has 1 fully saturated rings. The molecule has 1 saturated heterocycles. The van der Waals surface area contributed by atoms with E-state index in [4.69, 9.17) is 19.0 Å². The number of anilines is 1. The lowest BCUT2D eigenvalue weighted by Gasteiger charge is -2.23. The molecule has 0 bridgehead atoms. The zero-order valence-corrected chi connectivity index (χ0v) is 15.2. The van der Waals surface area contributed by atoms with E-state index in [1.807, 2.05) is 13.8 Å². The summed E-state index contributed by atoms with van der Waals surface area (Å²) in [6.07, 6.45) is 6.66. The Hall–Kier alpha value is -2.91. The van der Waals surface area contributed by atoms with Gasteiger partial charge in [0.25, 0.3) is 0 Å². The third kappa shape index (κ3) is 3.79. The lowest BCUT2D eigenvalue weighted by molar-refractivity contribution is -0.0819. The quantitative estimate of drug-likeness (QED) is 0.723. The van der Waals surface area contributed by atoms with E-state index < -0.39 is 0 Å². The molecule has 3 aromatic heterocycles. The van der Waals surface area contributed by atoms with E-state index in [1.54, 1.807) is 24.8 Å². The minimum Gasteiger partial charge on any atom is -0.376 e. The molecule has 1 aliphatic rings. The summed E-state index contributed by atoms with van der Waals surface area (Å²) in [6, 6.07) is 0. The summed E-state index contributed by atoms with van der Waals surface area (Å²) in [6.45, 7) is 6.10. The van der Waals surface area contributed by atoms with Crippen molar-refractivity contribution in [2.24, 2.45) is 0 Å². The van der Waals surface area contributed by atoms with E-state index in [2.05, 4.69) is 25.4 Å². The molecule has 1 atom stereocenters. The van der Waals surface area contributed by atoms with E-state index in [-0.39, 0.29) is 6.10 Å². The molecule has 3 aromatic rings. The summed E-state index contributed by atoms with van der Waals surface area (Å²) in [5, 5.41) is 7.27. The second-order valence-corrected chi connectivity index (χ2v) is 6.19. The van der Waals surface area contributed by atoms with Gasteiger partial charge in [-0.3, -0.25) is 9.97 Å². The third-order valence-corrected chi connectivity index (χ3v) is 4.27. The van der Waals surface area contributed by atoms with E-state index >= 15 is 0 Å². The highest BCUT2D eigenvalue weighted by atomic mass is 16.6. The molecule has 0 aromatic carbocycles. The van der Waals surface area contributed by atoms with Gasteiger partial charge >= 0.3 is 0 Å². The molecule has 0 unspecified atom stereocenters. The first-order valence-corrected chi connectivity index (χ1v) is 8.72. The van der Waals surface area contributed by atoms with Gasteiger partial charge in [-0.1, -0.05) is 5.16 Å². The Kier molecular flexibility index (Phi) is 5.03. The minimum atomic E-state index is -0.0236. The van der Waals surface area contributed by atoms with Crippen LogP contribution in [0.4, 0.5) is 5.95 Å². The lowest BCUT2D eigenvalue weighted by Crippen LogP contribution is -2.34. The highest BCUT2D eigenvalue weighted by Gasteiger charge is 2.21. The molecule has 0 aliphatic carbocycles. The normalized spacial score (nSPS) is 17.0. The van der Waals surface area contributed by atoms with Crippen LogP contribution in [-0.2, 0) is 9.47 Å². The molecule has 0 saturated carbocycles. The van der Waals surface area contributed by atoms with E-state index in [9.17, 15) is 0 Å². The molecule has 9 heteroatoms. The minimum absolute atomic E-state index is 0.0236. The molecular weight excluding hydrogens is 348 g/mol. The van der Waals surface area contributed by atoms with Crippen LogP contribution < -0.4 is 5.32 Å².